The van der Waals surface area contributed by atoms with Crippen LogP contribution in [0.1, 0.15) is 5.56 Å². The maximum Gasteiger partial charge on any atom is 0.297 e. The first-order valence-corrected chi connectivity index (χ1v) is 9.39. The Morgan fingerprint density at radius 1 is 1.13 bits per heavy atom. The molecule has 4 aromatic rings. The van der Waals surface area contributed by atoms with Crippen LogP contribution >= 0.6 is 0 Å². The Bertz CT molecular complexity index is 1300. The summed E-state index contributed by atoms with van der Waals surface area (Å²) in [7, 11) is 1.51. The van der Waals surface area contributed by atoms with Crippen LogP contribution in [0.2, 0.25) is 0 Å². The predicted molar refractivity (Wildman–Crippen MR) is 113 cm³/mol. The van der Waals surface area contributed by atoms with Gasteiger partial charge in [0.25, 0.3) is 5.56 Å². The minimum absolute atomic E-state index is 0.103. The molecule has 152 valence electrons. The molecule has 2 amide bonds. The van der Waals surface area contributed by atoms with E-state index in [1.165, 1.54) is 22.8 Å². The number of fused-ring (bicyclic) bond motifs is 3. The number of nitrogens with zero attached hydrogens (tertiary/aromatic N) is 3. The Kier molecular flexibility index (Phi) is 5.05. The van der Waals surface area contributed by atoms with Crippen LogP contribution in [0.5, 0.6) is 0 Å². The highest BCUT2D eigenvalue weighted by Crippen LogP contribution is 2.24. The average molecular weight is 404 g/mol. The fourth-order valence-electron chi connectivity index (χ4n) is 3.14. The number of anilines is 1. The zero-order valence-electron chi connectivity index (χ0n) is 16.6. The van der Waals surface area contributed by atoms with Gasteiger partial charge in [0, 0.05) is 18.1 Å². The number of aryl methyl sites for hydroxylation is 1. The number of rotatable bonds is 5. The van der Waals surface area contributed by atoms with Crippen molar-refractivity contribution in [1.82, 2.24) is 14.5 Å². The zero-order chi connectivity index (χ0) is 21.3. The molecule has 8 heteroatoms. The van der Waals surface area contributed by atoms with Crippen LogP contribution in [0.4, 0.5) is 5.69 Å². The molecule has 0 spiro atoms. The maximum absolute atomic E-state index is 12.7. The zero-order valence-corrected chi connectivity index (χ0v) is 16.6. The summed E-state index contributed by atoms with van der Waals surface area (Å²) in [5, 5.41) is 3.48. The Labute approximate surface area is 171 Å². The predicted octanol–water partition coefficient (Wildman–Crippen LogP) is 2.55. The number of para-hydroxylation sites is 1. The van der Waals surface area contributed by atoms with E-state index in [9.17, 15) is 14.4 Å². The molecule has 0 radical (unpaired) electrons. The monoisotopic (exact) mass is 404 g/mol. The van der Waals surface area contributed by atoms with E-state index in [1.54, 1.807) is 18.2 Å². The maximum atomic E-state index is 12.7. The van der Waals surface area contributed by atoms with Gasteiger partial charge in [-0.1, -0.05) is 29.8 Å². The topological polar surface area (TPSA) is 97.4 Å². The minimum Gasteiger partial charge on any atom is -0.448 e. The van der Waals surface area contributed by atoms with Crippen LogP contribution in [0, 0.1) is 6.92 Å². The summed E-state index contributed by atoms with van der Waals surface area (Å²) in [6.07, 6.45) is 1.32. The van der Waals surface area contributed by atoms with Gasteiger partial charge in [0.15, 0.2) is 0 Å². The normalized spacial score (nSPS) is 11.0. The third kappa shape index (κ3) is 3.80. The molecule has 0 bridgehead atoms. The standard InChI is InChI=1S/C22H20N4O4/c1-14-7-9-15(10-8-14)24-18(27)11-25(2)19(28)12-26-13-23-20-16-5-3-4-6-17(16)30-21(20)22(26)29/h3-10,13H,11-12H2,1-2H3,(H,24,27). The molecular weight excluding hydrogens is 384 g/mol. The summed E-state index contributed by atoms with van der Waals surface area (Å²) in [6.45, 7) is 1.58. The third-order valence-corrected chi connectivity index (χ3v) is 4.80. The van der Waals surface area contributed by atoms with Crippen molar-refractivity contribution in [2.75, 3.05) is 18.9 Å². The lowest BCUT2D eigenvalue weighted by atomic mass is 10.2. The van der Waals surface area contributed by atoms with Crippen LogP contribution < -0.4 is 10.9 Å². The fraction of sp³-hybridized carbons (Fsp3) is 0.182. The summed E-state index contributed by atoms with van der Waals surface area (Å²) >= 11 is 0. The number of furan rings is 1. The largest absolute Gasteiger partial charge is 0.448 e. The van der Waals surface area contributed by atoms with Gasteiger partial charge in [-0.25, -0.2) is 4.98 Å². The molecule has 0 aliphatic carbocycles. The highest BCUT2D eigenvalue weighted by Gasteiger charge is 2.17. The number of aromatic nitrogens is 2. The number of nitrogens with one attached hydrogen (secondary N) is 1. The van der Waals surface area contributed by atoms with Crippen molar-refractivity contribution in [3.63, 3.8) is 0 Å². The molecule has 0 saturated heterocycles. The minimum atomic E-state index is -0.443. The van der Waals surface area contributed by atoms with E-state index in [0.717, 1.165) is 10.9 Å². The highest BCUT2D eigenvalue weighted by atomic mass is 16.3. The second kappa shape index (κ2) is 7.82. The van der Waals surface area contributed by atoms with Crippen LogP contribution in [0.25, 0.3) is 22.1 Å². The molecule has 2 aromatic heterocycles. The number of carbonyl (C=O) groups excluding carboxylic acids is 2. The number of hydrogen-bond acceptors (Lipinski definition) is 5. The second-order valence-electron chi connectivity index (χ2n) is 7.12. The van der Waals surface area contributed by atoms with E-state index in [2.05, 4.69) is 10.3 Å². The van der Waals surface area contributed by atoms with E-state index >= 15 is 0 Å². The lowest BCUT2D eigenvalue weighted by Gasteiger charge is -2.17. The molecule has 8 nitrogen and oxygen atoms in total. The number of benzene rings is 2. The first-order chi connectivity index (χ1) is 14.4. The van der Waals surface area contributed by atoms with Gasteiger partial charge in [0.2, 0.25) is 17.4 Å². The summed E-state index contributed by atoms with van der Waals surface area (Å²) in [4.78, 5) is 43.0. The summed E-state index contributed by atoms with van der Waals surface area (Å²) in [5.74, 6) is -0.721. The van der Waals surface area contributed by atoms with Crippen molar-refractivity contribution >= 4 is 39.6 Å². The molecule has 0 atom stereocenters. The van der Waals surface area contributed by atoms with Crippen LogP contribution in [-0.4, -0.2) is 39.9 Å². The van der Waals surface area contributed by atoms with Crippen LogP contribution in [0.3, 0.4) is 0 Å². The number of hydrogen-bond donors (Lipinski definition) is 1. The van der Waals surface area contributed by atoms with Crippen molar-refractivity contribution in [3.05, 3.63) is 70.8 Å². The smallest absolute Gasteiger partial charge is 0.297 e. The Balaban J connectivity index is 1.46. The molecule has 2 aromatic carbocycles. The van der Waals surface area contributed by atoms with Gasteiger partial charge in [-0.2, -0.15) is 0 Å². The average Bonchev–Trinajstić information content (AvgIpc) is 3.11. The number of carbonyl (C=O) groups is 2. The lowest BCUT2D eigenvalue weighted by Crippen LogP contribution is -2.38. The fourth-order valence-corrected chi connectivity index (χ4v) is 3.14. The van der Waals surface area contributed by atoms with Crippen molar-refractivity contribution in [1.29, 1.82) is 0 Å². The molecule has 0 aliphatic rings. The Morgan fingerprint density at radius 3 is 2.63 bits per heavy atom. The Hall–Kier alpha value is -3.94. The molecule has 4 rings (SSSR count). The summed E-state index contributed by atoms with van der Waals surface area (Å²) in [6, 6.07) is 14.6. The van der Waals surface area contributed by atoms with E-state index in [0.29, 0.717) is 16.8 Å². The van der Waals surface area contributed by atoms with E-state index in [-0.39, 0.29) is 24.6 Å². The molecule has 30 heavy (non-hydrogen) atoms. The third-order valence-electron chi connectivity index (χ3n) is 4.80. The van der Waals surface area contributed by atoms with Crippen molar-refractivity contribution in [2.24, 2.45) is 0 Å². The molecule has 0 saturated carbocycles. The van der Waals surface area contributed by atoms with E-state index in [1.807, 2.05) is 37.3 Å². The molecule has 0 aliphatic heterocycles. The second-order valence-corrected chi connectivity index (χ2v) is 7.12. The van der Waals surface area contributed by atoms with Gasteiger partial charge in [-0.15, -0.1) is 0 Å². The highest BCUT2D eigenvalue weighted by molar-refractivity contribution is 6.01. The van der Waals surface area contributed by atoms with Crippen molar-refractivity contribution in [3.8, 4) is 0 Å². The quantitative estimate of drug-likeness (QED) is 0.551. The SMILES string of the molecule is Cc1ccc(NC(=O)CN(C)C(=O)Cn2cnc3c(oc4ccccc43)c2=O)cc1. The lowest BCUT2D eigenvalue weighted by molar-refractivity contribution is -0.133. The molecular formula is C22H20N4O4. The van der Waals surface area contributed by atoms with Crippen molar-refractivity contribution in [2.45, 2.75) is 13.5 Å². The van der Waals surface area contributed by atoms with Gasteiger partial charge in [-0.05, 0) is 31.2 Å². The number of likely N-dealkylation sites (N-methyl/N-ethyl adjacent to an activating group) is 1. The molecule has 1 N–H and O–H groups in total. The number of amides is 2. The van der Waals surface area contributed by atoms with Gasteiger partial charge in [-0.3, -0.25) is 19.0 Å². The van der Waals surface area contributed by atoms with Gasteiger partial charge in [0.1, 0.15) is 17.6 Å². The first kappa shape index (κ1) is 19.4. The summed E-state index contributed by atoms with van der Waals surface area (Å²) in [5.41, 5.74) is 2.42. The van der Waals surface area contributed by atoms with Crippen LogP contribution in [-0.2, 0) is 16.1 Å². The van der Waals surface area contributed by atoms with E-state index < -0.39 is 11.5 Å². The van der Waals surface area contributed by atoms with Gasteiger partial charge < -0.3 is 14.6 Å². The molecule has 0 fully saturated rings. The summed E-state index contributed by atoms with van der Waals surface area (Å²) < 4.78 is 6.80. The van der Waals surface area contributed by atoms with Gasteiger partial charge in [0.05, 0.1) is 12.9 Å². The van der Waals surface area contributed by atoms with Gasteiger partial charge >= 0.3 is 0 Å². The Morgan fingerprint density at radius 2 is 1.87 bits per heavy atom. The first-order valence-electron chi connectivity index (χ1n) is 9.39. The molecule has 2 heterocycles. The van der Waals surface area contributed by atoms with Crippen molar-refractivity contribution < 1.29 is 14.0 Å². The van der Waals surface area contributed by atoms with E-state index in [4.69, 9.17) is 4.42 Å². The van der Waals surface area contributed by atoms with Crippen LogP contribution in [0.15, 0.2) is 64.1 Å². The molecule has 0 unspecified atom stereocenters.